The summed E-state index contributed by atoms with van der Waals surface area (Å²) in [6.07, 6.45) is 0. The molecule has 2 aliphatic rings. The van der Waals surface area contributed by atoms with E-state index in [0.29, 0.717) is 37.1 Å². The number of fused-ring (bicyclic) bond motifs is 1. The van der Waals surface area contributed by atoms with Crippen LogP contribution in [0.1, 0.15) is 34.9 Å². The number of aromatic nitrogens is 3. The number of sulfonamides is 1. The molecule has 0 spiro atoms. The second-order valence-electron chi connectivity index (χ2n) is 7.20. The maximum Gasteiger partial charge on any atom is 0.276 e. The van der Waals surface area contributed by atoms with Gasteiger partial charge in [-0.1, -0.05) is 10.3 Å². The lowest BCUT2D eigenvalue weighted by Crippen LogP contribution is -2.41. The molecule has 2 atom stereocenters. The molecule has 2 fully saturated rings. The molecule has 0 aromatic carbocycles. The van der Waals surface area contributed by atoms with Crippen molar-refractivity contribution in [1.82, 2.24) is 24.5 Å². The van der Waals surface area contributed by atoms with Gasteiger partial charge < -0.3 is 13.9 Å². The zero-order chi connectivity index (χ0) is 19.4. The number of hydrogen-bond acceptors (Lipinski definition) is 8. The average molecular weight is 395 g/mol. The molecule has 0 N–H and O–H groups in total. The zero-order valence-electron chi connectivity index (χ0n) is 15.4. The van der Waals surface area contributed by atoms with Gasteiger partial charge in [0, 0.05) is 38.2 Å². The van der Waals surface area contributed by atoms with Crippen LogP contribution in [0, 0.1) is 19.8 Å². The lowest BCUT2D eigenvalue weighted by molar-refractivity contribution is 0.0762. The van der Waals surface area contributed by atoms with E-state index in [1.807, 2.05) is 0 Å². The third kappa shape index (κ3) is 2.85. The van der Waals surface area contributed by atoms with E-state index in [0.717, 1.165) is 0 Å². The van der Waals surface area contributed by atoms with Crippen LogP contribution in [0.2, 0.25) is 0 Å². The second kappa shape index (κ2) is 6.13. The molecule has 27 heavy (non-hydrogen) atoms. The van der Waals surface area contributed by atoms with Crippen molar-refractivity contribution >= 4 is 15.9 Å². The highest BCUT2D eigenvalue weighted by Crippen LogP contribution is 2.45. The van der Waals surface area contributed by atoms with E-state index < -0.39 is 15.4 Å². The van der Waals surface area contributed by atoms with E-state index in [1.54, 1.807) is 31.7 Å². The van der Waals surface area contributed by atoms with E-state index in [9.17, 15) is 13.2 Å². The molecule has 11 heteroatoms. The summed E-state index contributed by atoms with van der Waals surface area (Å²) in [6.45, 7) is 6.27. The molecule has 0 radical (unpaired) electrons. The number of nitrogens with zero attached hydrogens (tertiary/aromatic N) is 5. The van der Waals surface area contributed by atoms with E-state index in [2.05, 4.69) is 15.3 Å². The van der Waals surface area contributed by atoms with Gasteiger partial charge in [-0.05, 0) is 20.8 Å². The number of rotatable bonds is 4. The van der Waals surface area contributed by atoms with Gasteiger partial charge in [-0.2, -0.15) is 4.98 Å². The first-order chi connectivity index (χ1) is 12.7. The van der Waals surface area contributed by atoms with Crippen molar-refractivity contribution in [2.45, 2.75) is 26.2 Å². The van der Waals surface area contributed by atoms with Gasteiger partial charge in [0.05, 0.1) is 11.2 Å². The summed E-state index contributed by atoms with van der Waals surface area (Å²) in [7, 11) is -3.35. The summed E-state index contributed by atoms with van der Waals surface area (Å²) >= 11 is 0. The van der Waals surface area contributed by atoms with Crippen molar-refractivity contribution in [3.8, 4) is 0 Å². The van der Waals surface area contributed by atoms with Gasteiger partial charge in [0.15, 0.2) is 11.5 Å². The summed E-state index contributed by atoms with van der Waals surface area (Å²) in [5, 5.41) is 7.67. The first kappa shape index (κ1) is 18.1. The van der Waals surface area contributed by atoms with E-state index in [-0.39, 0.29) is 29.8 Å². The Labute approximate surface area is 156 Å². The van der Waals surface area contributed by atoms with E-state index in [1.165, 1.54) is 4.31 Å². The number of hydrogen-bond donors (Lipinski definition) is 0. The first-order valence-electron chi connectivity index (χ1n) is 8.76. The second-order valence-corrected chi connectivity index (χ2v) is 9.46. The van der Waals surface area contributed by atoms with Gasteiger partial charge in [-0.15, -0.1) is 0 Å². The summed E-state index contributed by atoms with van der Waals surface area (Å²) in [6, 6.07) is 1.59. The van der Waals surface area contributed by atoms with Crippen molar-refractivity contribution in [3.05, 3.63) is 29.2 Å². The topological polar surface area (TPSA) is 123 Å². The molecule has 0 saturated carbocycles. The number of likely N-dealkylation sites (tertiary alicyclic amines) is 1. The molecule has 4 rings (SSSR count). The lowest BCUT2D eigenvalue weighted by Gasteiger charge is -2.25. The lowest BCUT2D eigenvalue weighted by atomic mass is 9.81. The molecule has 0 bridgehead atoms. The van der Waals surface area contributed by atoms with Crippen molar-refractivity contribution in [1.29, 1.82) is 0 Å². The Hall–Kier alpha value is -2.27. The molecule has 2 saturated heterocycles. The Kier molecular flexibility index (Phi) is 4.11. The predicted octanol–water partition coefficient (Wildman–Crippen LogP) is 0.350. The summed E-state index contributed by atoms with van der Waals surface area (Å²) in [5.41, 5.74) is -0.472. The Morgan fingerprint density at radius 1 is 1.26 bits per heavy atom. The first-order valence-corrected chi connectivity index (χ1v) is 10.4. The van der Waals surface area contributed by atoms with Crippen LogP contribution in [0.25, 0.3) is 0 Å². The third-order valence-corrected chi connectivity index (χ3v) is 7.22. The molecule has 0 unspecified atom stereocenters. The predicted molar refractivity (Wildman–Crippen MR) is 92.4 cm³/mol. The average Bonchev–Trinajstić information content (AvgIpc) is 3.36. The standard InChI is InChI=1S/C16H21N5O5S/c1-4-27(23,24)21-7-12-6-20(14(22)13-5-10(2)25-19-13)8-16(12,9-21)15-17-11(3)18-26-15/h5,12H,4,6-9H2,1-3H3/t12-,16-/m0/s1. The molecular weight excluding hydrogens is 374 g/mol. The Morgan fingerprint density at radius 2 is 2.04 bits per heavy atom. The molecule has 2 aromatic rings. The molecular formula is C16H21N5O5S. The van der Waals surface area contributed by atoms with Crippen molar-refractivity contribution < 1.29 is 22.3 Å². The van der Waals surface area contributed by atoms with Crippen LogP contribution in [0.5, 0.6) is 0 Å². The largest absolute Gasteiger partial charge is 0.361 e. The van der Waals surface area contributed by atoms with Crippen LogP contribution in [-0.2, 0) is 15.4 Å². The molecule has 2 aromatic heterocycles. The fourth-order valence-corrected chi connectivity index (χ4v) is 5.20. The minimum absolute atomic E-state index is 0.0273. The highest BCUT2D eigenvalue weighted by molar-refractivity contribution is 7.89. The van der Waals surface area contributed by atoms with Crippen molar-refractivity contribution in [2.75, 3.05) is 31.9 Å². The van der Waals surface area contributed by atoms with Crippen molar-refractivity contribution in [2.24, 2.45) is 5.92 Å². The fraction of sp³-hybridized carbons (Fsp3) is 0.625. The highest BCUT2D eigenvalue weighted by Gasteiger charge is 2.59. The molecule has 2 aliphatic heterocycles. The summed E-state index contributed by atoms with van der Waals surface area (Å²) < 4.78 is 36.7. The van der Waals surface area contributed by atoms with E-state index >= 15 is 0 Å². The molecule has 10 nitrogen and oxygen atoms in total. The van der Waals surface area contributed by atoms with Gasteiger partial charge in [-0.25, -0.2) is 12.7 Å². The maximum atomic E-state index is 12.8. The minimum Gasteiger partial charge on any atom is -0.361 e. The van der Waals surface area contributed by atoms with Gasteiger partial charge in [0.2, 0.25) is 15.9 Å². The Balaban J connectivity index is 1.67. The van der Waals surface area contributed by atoms with Crippen LogP contribution in [0.15, 0.2) is 15.1 Å². The van der Waals surface area contributed by atoms with Crippen LogP contribution in [0.4, 0.5) is 0 Å². The smallest absolute Gasteiger partial charge is 0.276 e. The van der Waals surface area contributed by atoms with E-state index in [4.69, 9.17) is 9.05 Å². The molecule has 4 heterocycles. The van der Waals surface area contributed by atoms with Crippen molar-refractivity contribution in [3.63, 3.8) is 0 Å². The minimum atomic E-state index is -3.35. The number of amides is 1. The summed E-state index contributed by atoms with van der Waals surface area (Å²) in [4.78, 5) is 18.8. The van der Waals surface area contributed by atoms with Gasteiger partial charge in [-0.3, -0.25) is 4.79 Å². The van der Waals surface area contributed by atoms with Gasteiger partial charge in [0.25, 0.3) is 5.91 Å². The third-order valence-electron chi connectivity index (χ3n) is 5.42. The van der Waals surface area contributed by atoms with Crippen LogP contribution in [0.3, 0.4) is 0 Å². The fourth-order valence-electron chi connectivity index (χ4n) is 4.00. The van der Waals surface area contributed by atoms with Crippen LogP contribution in [-0.4, -0.2) is 70.8 Å². The monoisotopic (exact) mass is 395 g/mol. The Morgan fingerprint density at radius 3 is 2.63 bits per heavy atom. The molecule has 146 valence electrons. The molecule has 0 aliphatic carbocycles. The SMILES string of the molecule is CCS(=O)(=O)N1C[C@@H]2CN(C(=O)c3cc(C)on3)C[C@]2(c2nc(C)no2)C1. The quantitative estimate of drug-likeness (QED) is 0.727. The van der Waals surface area contributed by atoms with Gasteiger partial charge in [0.1, 0.15) is 5.76 Å². The maximum absolute atomic E-state index is 12.8. The highest BCUT2D eigenvalue weighted by atomic mass is 32.2. The zero-order valence-corrected chi connectivity index (χ0v) is 16.2. The number of carbonyl (C=O) groups excluding carboxylic acids is 1. The molecule has 1 amide bonds. The summed E-state index contributed by atoms with van der Waals surface area (Å²) in [5.74, 6) is 1.06. The van der Waals surface area contributed by atoms with Gasteiger partial charge >= 0.3 is 0 Å². The Bertz CT molecular complexity index is 983. The van der Waals surface area contributed by atoms with Crippen LogP contribution < -0.4 is 0 Å². The number of carbonyl (C=O) groups is 1. The van der Waals surface area contributed by atoms with Crippen LogP contribution >= 0.6 is 0 Å². The number of aryl methyl sites for hydroxylation is 2. The normalized spacial score (nSPS) is 25.9.